The molecule has 1 N–H and O–H groups in total. The van der Waals surface area contributed by atoms with Crippen LogP contribution in [0.2, 0.25) is 0 Å². The summed E-state index contributed by atoms with van der Waals surface area (Å²) in [5.41, 5.74) is 3.67. The highest BCUT2D eigenvalue weighted by Gasteiger charge is 2.15. The third-order valence-corrected chi connectivity index (χ3v) is 4.14. The lowest BCUT2D eigenvalue weighted by Crippen LogP contribution is -2.11. The number of aromatic nitrogens is 2. The number of furan rings is 1. The van der Waals surface area contributed by atoms with Gasteiger partial charge in [0, 0.05) is 7.05 Å². The Balaban J connectivity index is 1.66. The molecule has 1 amide bonds. The highest BCUT2D eigenvalue weighted by Crippen LogP contribution is 2.24. The molecule has 0 aliphatic rings. The number of amides is 1. The predicted octanol–water partition coefficient (Wildman–Crippen LogP) is 3.77. The molecule has 25 heavy (non-hydrogen) atoms. The lowest BCUT2D eigenvalue weighted by Gasteiger charge is -2.10. The van der Waals surface area contributed by atoms with Crippen LogP contribution in [0.25, 0.3) is 0 Å². The van der Waals surface area contributed by atoms with E-state index in [4.69, 9.17) is 9.15 Å². The van der Waals surface area contributed by atoms with Crippen molar-refractivity contribution >= 4 is 11.6 Å². The molecule has 0 spiro atoms. The minimum Gasteiger partial charge on any atom is -0.485 e. The fourth-order valence-electron chi connectivity index (χ4n) is 2.55. The molecular formula is C19H21N3O3. The maximum atomic E-state index is 12.3. The number of nitrogens with one attached hydrogen (secondary N) is 1. The van der Waals surface area contributed by atoms with Crippen LogP contribution in [0.3, 0.4) is 0 Å². The van der Waals surface area contributed by atoms with Gasteiger partial charge < -0.3 is 14.5 Å². The molecule has 1 aromatic carbocycles. The number of carbonyl (C=O) groups is 1. The second-order valence-electron chi connectivity index (χ2n) is 6.00. The first-order chi connectivity index (χ1) is 12.0. The van der Waals surface area contributed by atoms with E-state index in [1.807, 2.05) is 46.0 Å². The number of ether oxygens (including phenoxy) is 1. The van der Waals surface area contributed by atoms with Crippen LogP contribution in [0.1, 0.15) is 33.1 Å². The fraction of sp³-hybridized carbons (Fsp3) is 0.263. The molecule has 6 nitrogen and oxygen atoms in total. The van der Waals surface area contributed by atoms with Gasteiger partial charge in [0.2, 0.25) is 0 Å². The molecule has 0 aliphatic heterocycles. The summed E-state index contributed by atoms with van der Waals surface area (Å²) in [6, 6.07) is 9.38. The van der Waals surface area contributed by atoms with Crippen LogP contribution >= 0.6 is 0 Å². The van der Waals surface area contributed by atoms with Crippen LogP contribution in [0.15, 0.2) is 40.9 Å². The summed E-state index contributed by atoms with van der Waals surface area (Å²) in [4.78, 5) is 12.3. The van der Waals surface area contributed by atoms with Crippen molar-refractivity contribution in [2.45, 2.75) is 27.4 Å². The average Bonchev–Trinajstić information content (AvgIpc) is 3.17. The molecule has 6 heteroatoms. The molecule has 0 aliphatic carbocycles. The lowest BCUT2D eigenvalue weighted by molar-refractivity contribution is 0.0992. The molecule has 0 atom stereocenters. The van der Waals surface area contributed by atoms with E-state index in [9.17, 15) is 4.79 Å². The molecule has 0 saturated carbocycles. The van der Waals surface area contributed by atoms with Crippen molar-refractivity contribution in [1.29, 1.82) is 0 Å². The van der Waals surface area contributed by atoms with E-state index in [-0.39, 0.29) is 18.3 Å². The zero-order valence-corrected chi connectivity index (χ0v) is 14.8. The first-order valence-corrected chi connectivity index (χ1v) is 8.03. The van der Waals surface area contributed by atoms with Crippen LogP contribution in [0.5, 0.6) is 5.75 Å². The van der Waals surface area contributed by atoms with Gasteiger partial charge in [0.25, 0.3) is 5.91 Å². The Bertz CT molecular complexity index is 888. The smallest absolute Gasteiger partial charge is 0.291 e. The van der Waals surface area contributed by atoms with E-state index in [1.54, 1.807) is 23.0 Å². The summed E-state index contributed by atoms with van der Waals surface area (Å²) >= 11 is 0. The summed E-state index contributed by atoms with van der Waals surface area (Å²) in [6.07, 6.45) is 1.61. The van der Waals surface area contributed by atoms with Crippen LogP contribution in [0.4, 0.5) is 5.69 Å². The molecule has 0 saturated heterocycles. The third kappa shape index (κ3) is 3.57. The van der Waals surface area contributed by atoms with Crippen LogP contribution < -0.4 is 10.1 Å². The van der Waals surface area contributed by atoms with Crippen LogP contribution in [0, 0.1) is 20.8 Å². The van der Waals surface area contributed by atoms with Gasteiger partial charge in [-0.15, -0.1) is 0 Å². The summed E-state index contributed by atoms with van der Waals surface area (Å²) in [6.45, 7) is 6.15. The highest BCUT2D eigenvalue weighted by atomic mass is 16.5. The van der Waals surface area contributed by atoms with Crippen molar-refractivity contribution in [3.8, 4) is 5.75 Å². The second kappa shape index (κ2) is 6.84. The van der Waals surface area contributed by atoms with Crippen molar-refractivity contribution in [2.24, 2.45) is 7.05 Å². The standard InChI is InChI=1S/C19H21N3O3/c1-12-6-5-7-13(2)18(12)24-11-15-8-9-17(25-15)19(23)21-16-10-20-22(4)14(16)3/h5-10H,11H2,1-4H3,(H,21,23). The van der Waals surface area contributed by atoms with Gasteiger partial charge in [-0.25, -0.2) is 0 Å². The Hall–Kier alpha value is -3.02. The Kier molecular flexibility index (Phi) is 4.61. The first-order valence-electron chi connectivity index (χ1n) is 8.03. The fourth-order valence-corrected chi connectivity index (χ4v) is 2.55. The number of carbonyl (C=O) groups excluding carboxylic acids is 1. The Morgan fingerprint density at radius 2 is 1.92 bits per heavy atom. The average molecular weight is 339 g/mol. The lowest BCUT2D eigenvalue weighted by atomic mass is 10.1. The van der Waals surface area contributed by atoms with Crippen molar-refractivity contribution in [2.75, 3.05) is 5.32 Å². The van der Waals surface area contributed by atoms with Gasteiger partial charge in [-0.05, 0) is 44.0 Å². The van der Waals surface area contributed by atoms with Crippen molar-refractivity contribution < 1.29 is 13.9 Å². The number of anilines is 1. The largest absolute Gasteiger partial charge is 0.485 e. The van der Waals surface area contributed by atoms with Gasteiger partial charge in [-0.2, -0.15) is 5.10 Å². The Labute approximate surface area is 146 Å². The Morgan fingerprint density at radius 3 is 2.56 bits per heavy atom. The number of nitrogens with zero attached hydrogens (tertiary/aromatic N) is 2. The van der Waals surface area contributed by atoms with Crippen LogP contribution in [-0.4, -0.2) is 15.7 Å². The highest BCUT2D eigenvalue weighted by molar-refractivity contribution is 6.02. The maximum absolute atomic E-state index is 12.3. The van der Waals surface area contributed by atoms with Gasteiger partial charge in [0.05, 0.1) is 17.6 Å². The Morgan fingerprint density at radius 1 is 1.20 bits per heavy atom. The molecular weight excluding hydrogens is 318 g/mol. The SMILES string of the molecule is Cc1cccc(C)c1OCc1ccc(C(=O)Nc2cnn(C)c2C)o1. The molecule has 0 radical (unpaired) electrons. The number of hydrogen-bond acceptors (Lipinski definition) is 4. The van der Waals surface area contributed by atoms with E-state index in [1.165, 1.54) is 0 Å². The minimum absolute atomic E-state index is 0.239. The number of para-hydroxylation sites is 1. The number of rotatable bonds is 5. The minimum atomic E-state index is -0.311. The predicted molar refractivity (Wildman–Crippen MR) is 94.9 cm³/mol. The molecule has 130 valence electrons. The molecule has 2 aromatic heterocycles. The van der Waals surface area contributed by atoms with Gasteiger partial charge >= 0.3 is 0 Å². The topological polar surface area (TPSA) is 69.3 Å². The zero-order chi connectivity index (χ0) is 18.0. The molecule has 0 fully saturated rings. The summed E-state index contributed by atoms with van der Waals surface area (Å²) in [5, 5.41) is 6.89. The molecule has 3 aromatic rings. The van der Waals surface area contributed by atoms with Crippen molar-refractivity contribution in [1.82, 2.24) is 9.78 Å². The van der Waals surface area contributed by atoms with Gasteiger partial charge in [-0.1, -0.05) is 18.2 Å². The van der Waals surface area contributed by atoms with E-state index >= 15 is 0 Å². The van der Waals surface area contributed by atoms with E-state index in [0.717, 1.165) is 22.6 Å². The van der Waals surface area contributed by atoms with Gasteiger partial charge in [-0.3, -0.25) is 9.48 Å². The third-order valence-electron chi connectivity index (χ3n) is 4.14. The monoisotopic (exact) mass is 339 g/mol. The summed E-state index contributed by atoms with van der Waals surface area (Å²) < 4.78 is 13.1. The van der Waals surface area contributed by atoms with Crippen LogP contribution in [-0.2, 0) is 13.7 Å². The quantitative estimate of drug-likeness (QED) is 0.768. The number of aryl methyl sites for hydroxylation is 3. The van der Waals surface area contributed by atoms with Crippen molar-refractivity contribution in [3.05, 3.63) is 64.9 Å². The summed E-state index contributed by atoms with van der Waals surface area (Å²) in [5.74, 6) is 1.37. The number of benzene rings is 1. The maximum Gasteiger partial charge on any atom is 0.291 e. The molecule has 3 rings (SSSR count). The van der Waals surface area contributed by atoms with Gasteiger partial charge in [0.15, 0.2) is 5.76 Å². The molecule has 2 heterocycles. The second-order valence-corrected chi connectivity index (χ2v) is 6.00. The summed E-state index contributed by atoms with van der Waals surface area (Å²) in [7, 11) is 1.82. The number of hydrogen-bond donors (Lipinski definition) is 1. The van der Waals surface area contributed by atoms with Gasteiger partial charge in [0.1, 0.15) is 18.1 Å². The zero-order valence-electron chi connectivity index (χ0n) is 14.8. The normalized spacial score (nSPS) is 10.7. The molecule has 0 bridgehead atoms. The van der Waals surface area contributed by atoms with E-state index in [0.29, 0.717) is 11.4 Å². The van der Waals surface area contributed by atoms with Crippen molar-refractivity contribution in [3.63, 3.8) is 0 Å². The first kappa shape index (κ1) is 16.8. The van der Waals surface area contributed by atoms with E-state index in [2.05, 4.69) is 10.4 Å². The molecule has 0 unspecified atom stereocenters. The van der Waals surface area contributed by atoms with E-state index < -0.39 is 0 Å².